The number of nitrogens with one attached hydrogen (secondary N) is 1. The maximum Gasteiger partial charge on any atom is 0.321 e. The van der Waals surface area contributed by atoms with Crippen molar-refractivity contribution in [3.63, 3.8) is 0 Å². The van der Waals surface area contributed by atoms with Crippen molar-refractivity contribution in [1.29, 1.82) is 0 Å². The van der Waals surface area contributed by atoms with Gasteiger partial charge in [0.2, 0.25) is 5.91 Å². The van der Waals surface area contributed by atoms with Gasteiger partial charge in [-0.05, 0) is 38.5 Å². The number of hydrogen-bond acceptors (Lipinski definition) is 4. The molecule has 6 heteroatoms. The van der Waals surface area contributed by atoms with E-state index in [1.165, 1.54) is 11.8 Å². The summed E-state index contributed by atoms with van der Waals surface area (Å²) in [4.78, 5) is 22.7. The molecule has 0 fully saturated rings. The van der Waals surface area contributed by atoms with E-state index in [0.29, 0.717) is 0 Å². The molecule has 0 bridgehead atoms. The summed E-state index contributed by atoms with van der Waals surface area (Å²) in [5, 5.41) is 11.7. The van der Waals surface area contributed by atoms with Crippen molar-refractivity contribution >= 4 is 29.3 Å². The highest BCUT2D eigenvalue weighted by Gasteiger charge is 2.33. The Labute approximate surface area is 122 Å². The monoisotopic (exact) mass is 296 g/mol. The van der Waals surface area contributed by atoms with Gasteiger partial charge < -0.3 is 16.2 Å². The zero-order valence-electron chi connectivity index (χ0n) is 11.8. The maximum atomic E-state index is 11.8. The Hall–Kier alpha value is -1.53. The summed E-state index contributed by atoms with van der Waals surface area (Å²) < 4.78 is -0.713. The summed E-state index contributed by atoms with van der Waals surface area (Å²) in [5.41, 5.74) is 7.39. The molecule has 0 heterocycles. The van der Waals surface area contributed by atoms with Crippen LogP contribution in [0.1, 0.15) is 19.4 Å². The number of nitrogens with two attached hydrogens (primary N) is 1. The zero-order valence-corrected chi connectivity index (χ0v) is 12.7. The normalized spacial score (nSPS) is 12.8. The first-order chi connectivity index (χ1) is 9.22. The minimum atomic E-state index is -1.07. The van der Waals surface area contributed by atoms with Crippen molar-refractivity contribution in [2.24, 2.45) is 5.73 Å². The molecule has 1 rings (SSSR count). The van der Waals surface area contributed by atoms with Crippen LogP contribution in [0.3, 0.4) is 0 Å². The number of benzene rings is 1. The van der Waals surface area contributed by atoms with Gasteiger partial charge in [-0.15, -0.1) is 11.8 Å². The van der Waals surface area contributed by atoms with Crippen molar-refractivity contribution in [1.82, 2.24) is 0 Å². The molecule has 0 aliphatic heterocycles. The van der Waals surface area contributed by atoms with E-state index in [4.69, 9.17) is 10.8 Å². The molecule has 1 aromatic rings. The summed E-state index contributed by atoms with van der Waals surface area (Å²) in [5.74, 6) is -1.09. The molecule has 0 spiro atoms. The fourth-order valence-electron chi connectivity index (χ4n) is 1.56. The van der Waals surface area contributed by atoms with Crippen LogP contribution in [0.5, 0.6) is 0 Å². The highest BCUT2D eigenvalue weighted by atomic mass is 32.2. The van der Waals surface area contributed by atoms with Gasteiger partial charge in [-0.25, -0.2) is 0 Å². The topological polar surface area (TPSA) is 92.4 Å². The molecule has 5 nitrogen and oxygen atoms in total. The van der Waals surface area contributed by atoms with Crippen LogP contribution in [0.15, 0.2) is 24.3 Å². The quantitative estimate of drug-likeness (QED) is 0.745. The van der Waals surface area contributed by atoms with Gasteiger partial charge in [0.15, 0.2) is 0 Å². The number of carbonyl (C=O) groups excluding carboxylic acids is 1. The lowest BCUT2D eigenvalue weighted by Gasteiger charge is -2.27. The van der Waals surface area contributed by atoms with Crippen molar-refractivity contribution in [3.05, 3.63) is 29.8 Å². The van der Waals surface area contributed by atoms with E-state index in [1.807, 2.05) is 31.2 Å². The Balaban J connectivity index is 2.53. The molecule has 1 aromatic carbocycles. The second-order valence-electron chi connectivity index (χ2n) is 5.13. The molecular formula is C14H20N2O3S. The lowest BCUT2D eigenvalue weighted by atomic mass is 10.1. The van der Waals surface area contributed by atoms with Gasteiger partial charge in [0, 0.05) is 10.4 Å². The second-order valence-corrected chi connectivity index (χ2v) is 6.76. The van der Waals surface area contributed by atoms with Crippen LogP contribution in [-0.2, 0) is 9.59 Å². The van der Waals surface area contributed by atoms with Crippen LogP contribution >= 0.6 is 11.8 Å². The third-order valence-corrected chi connectivity index (χ3v) is 4.30. The maximum absolute atomic E-state index is 11.8. The number of carbonyl (C=O) groups is 2. The third-order valence-electron chi connectivity index (χ3n) is 2.89. The lowest BCUT2D eigenvalue weighted by Crippen LogP contribution is -2.47. The lowest BCUT2D eigenvalue weighted by molar-refractivity contribution is -0.139. The standard InChI is InChI=1S/C14H20N2O3S/c1-9-5-4-6-10(7-9)16-11(17)8-20-14(2,3)12(15)13(18)19/h4-7,12H,8,15H2,1-3H3,(H,16,17)(H,18,19)/t12-/m0/s1. The summed E-state index contributed by atoms with van der Waals surface area (Å²) in [6, 6.07) is 6.47. The van der Waals surface area contributed by atoms with E-state index in [0.717, 1.165) is 11.3 Å². The minimum Gasteiger partial charge on any atom is -0.480 e. The molecule has 0 radical (unpaired) electrons. The van der Waals surface area contributed by atoms with Crippen LogP contribution in [0.2, 0.25) is 0 Å². The number of hydrogen-bond donors (Lipinski definition) is 3. The van der Waals surface area contributed by atoms with Crippen LogP contribution in [0, 0.1) is 6.92 Å². The van der Waals surface area contributed by atoms with E-state index < -0.39 is 16.8 Å². The van der Waals surface area contributed by atoms with Gasteiger partial charge in [-0.3, -0.25) is 9.59 Å². The van der Waals surface area contributed by atoms with E-state index in [9.17, 15) is 9.59 Å². The number of aryl methyl sites for hydroxylation is 1. The Bertz CT molecular complexity index is 503. The average Bonchev–Trinajstić information content (AvgIpc) is 2.35. The van der Waals surface area contributed by atoms with Crippen LogP contribution < -0.4 is 11.1 Å². The number of anilines is 1. The predicted molar refractivity (Wildman–Crippen MR) is 82.0 cm³/mol. The van der Waals surface area contributed by atoms with Crippen molar-refractivity contribution in [2.75, 3.05) is 11.1 Å². The number of thioether (sulfide) groups is 1. The van der Waals surface area contributed by atoms with Crippen LogP contribution in [0.4, 0.5) is 5.69 Å². The van der Waals surface area contributed by atoms with Gasteiger partial charge in [-0.1, -0.05) is 12.1 Å². The largest absolute Gasteiger partial charge is 0.480 e. The average molecular weight is 296 g/mol. The molecule has 0 aliphatic rings. The summed E-state index contributed by atoms with van der Waals surface area (Å²) >= 11 is 1.23. The Kier molecular flexibility index (Phi) is 5.59. The van der Waals surface area contributed by atoms with Crippen molar-refractivity contribution in [3.8, 4) is 0 Å². The highest BCUT2D eigenvalue weighted by molar-refractivity contribution is 8.01. The van der Waals surface area contributed by atoms with Crippen LogP contribution in [-0.4, -0.2) is 33.5 Å². The molecule has 1 amide bonds. The molecule has 0 aromatic heterocycles. The number of amides is 1. The predicted octanol–water partition coefficient (Wildman–Crippen LogP) is 1.86. The molecule has 110 valence electrons. The smallest absolute Gasteiger partial charge is 0.321 e. The molecular weight excluding hydrogens is 276 g/mol. The third kappa shape index (κ3) is 4.86. The molecule has 0 saturated carbocycles. The van der Waals surface area contributed by atoms with E-state index in [-0.39, 0.29) is 11.7 Å². The number of carboxylic acids is 1. The van der Waals surface area contributed by atoms with Crippen molar-refractivity contribution in [2.45, 2.75) is 31.6 Å². The molecule has 4 N–H and O–H groups in total. The zero-order chi connectivity index (χ0) is 15.3. The van der Waals surface area contributed by atoms with Crippen LogP contribution in [0.25, 0.3) is 0 Å². The Morgan fingerprint density at radius 2 is 2.10 bits per heavy atom. The van der Waals surface area contributed by atoms with Crippen molar-refractivity contribution < 1.29 is 14.7 Å². The number of carboxylic acid groups (broad SMARTS) is 1. The van der Waals surface area contributed by atoms with E-state index in [1.54, 1.807) is 13.8 Å². The second kappa shape index (κ2) is 6.76. The number of rotatable bonds is 6. The SMILES string of the molecule is Cc1cccc(NC(=O)CSC(C)(C)[C@@H](N)C(=O)O)c1. The van der Waals surface area contributed by atoms with E-state index >= 15 is 0 Å². The van der Waals surface area contributed by atoms with Gasteiger partial charge >= 0.3 is 5.97 Å². The Morgan fingerprint density at radius 1 is 1.45 bits per heavy atom. The van der Waals surface area contributed by atoms with E-state index in [2.05, 4.69) is 5.32 Å². The van der Waals surface area contributed by atoms with Gasteiger partial charge in [0.1, 0.15) is 6.04 Å². The fourth-order valence-corrected chi connectivity index (χ4v) is 2.41. The molecule has 0 aliphatic carbocycles. The Morgan fingerprint density at radius 3 is 2.65 bits per heavy atom. The highest BCUT2D eigenvalue weighted by Crippen LogP contribution is 2.27. The molecule has 20 heavy (non-hydrogen) atoms. The first kappa shape index (κ1) is 16.5. The van der Waals surface area contributed by atoms with Gasteiger partial charge in [0.25, 0.3) is 0 Å². The summed E-state index contributed by atoms with van der Waals surface area (Å²) in [6.45, 7) is 5.38. The molecule has 1 atom stereocenters. The first-order valence-electron chi connectivity index (χ1n) is 6.21. The van der Waals surface area contributed by atoms with Gasteiger partial charge in [-0.2, -0.15) is 0 Å². The fraction of sp³-hybridized carbons (Fsp3) is 0.429. The minimum absolute atomic E-state index is 0.155. The van der Waals surface area contributed by atoms with Gasteiger partial charge in [0.05, 0.1) is 5.75 Å². The molecule has 0 saturated heterocycles. The number of aliphatic carboxylic acids is 1. The molecule has 0 unspecified atom stereocenters. The first-order valence-corrected chi connectivity index (χ1v) is 7.20. The summed E-state index contributed by atoms with van der Waals surface area (Å²) in [7, 11) is 0. The summed E-state index contributed by atoms with van der Waals surface area (Å²) in [6.07, 6.45) is 0.